The molecule has 20 heavy (non-hydrogen) atoms. The largest absolute Gasteiger partial charge is 0.379 e. The van der Waals surface area contributed by atoms with Crippen LogP contribution in [0.15, 0.2) is 24.3 Å². The molecule has 0 bridgehead atoms. The second-order valence-corrected chi connectivity index (χ2v) is 5.29. The van der Waals surface area contributed by atoms with Crippen LogP contribution in [0.25, 0.3) is 0 Å². The van der Waals surface area contributed by atoms with Crippen molar-refractivity contribution in [1.29, 1.82) is 0 Å². The SMILES string of the molecule is Cl.Cl.c1ccc2c(c1)CN(CCCN1CCOCC1)C2. The molecule has 3 nitrogen and oxygen atoms in total. The Morgan fingerprint density at radius 1 is 0.850 bits per heavy atom. The Morgan fingerprint density at radius 3 is 2.00 bits per heavy atom. The Hall–Kier alpha value is -0.320. The average molecular weight is 319 g/mol. The summed E-state index contributed by atoms with van der Waals surface area (Å²) in [4.78, 5) is 5.08. The number of benzene rings is 1. The van der Waals surface area contributed by atoms with E-state index in [1.807, 2.05) is 0 Å². The minimum absolute atomic E-state index is 0. The van der Waals surface area contributed by atoms with Crippen LogP contribution in [0.5, 0.6) is 0 Å². The van der Waals surface area contributed by atoms with Crippen molar-refractivity contribution in [2.75, 3.05) is 39.4 Å². The molecule has 0 N–H and O–H groups in total. The van der Waals surface area contributed by atoms with Gasteiger partial charge in [0.05, 0.1) is 13.2 Å². The van der Waals surface area contributed by atoms with E-state index >= 15 is 0 Å². The fourth-order valence-electron chi connectivity index (χ4n) is 2.90. The molecule has 2 heterocycles. The fourth-order valence-corrected chi connectivity index (χ4v) is 2.90. The van der Waals surface area contributed by atoms with E-state index < -0.39 is 0 Å². The third-order valence-corrected chi connectivity index (χ3v) is 3.96. The van der Waals surface area contributed by atoms with Crippen molar-refractivity contribution in [3.05, 3.63) is 35.4 Å². The lowest BCUT2D eigenvalue weighted by Gasteiger charge is -2.27. The summed E-state index contributed by atoms with van der Waals surface area (Å²) < 4.78 is 5.37. The molecule has 1 fully saturated rings. The number of ether oxygens (including phenoxy) is 1. The van der Waals surface area contributed by atoms with Gasteiger partial charge in [0.2, 0.25) is 0 Å². The molecule has 0 atom stereocenters. The highest BCUT2D eigenvalue weighted by Gasteiger charge is 2.18. The maximum absolute atomic E-state index is 5.37. The van der Waals surface area contributed by atoms with Crippen LogP contribution < -0.4 is 0 Å². The van der Waals surface area contributed by atoms with Crippen molar-refractivity contribution in [3.8, 4) is 0 Å². The standard InChI is InChI=1S/C15H22N2O.2ClH/c1-2-5-15-13-17(12-14(15)4-1)7-3-6-16-8-10-18-11-9-16;;/h1-2,4-5H,3,6-13H2;2*1H. The van der Waals surface area contributed by atoms with E-state index in [1.165, 1.54) is 30.6 Å². The van der Waals surface area contributed by atoms with E-state index in [2.05, 4.69) is 34.1 Å². The van der Waals surface area contributed by atoms with Gasteiger partial charge in [-0.1, -0.05) is 24.3 Å². The van der Waals surface area contributed by atoms with Crippen molar-refractivity contribution in [2.24, 2.45) is 0 Å². The van der Waals surface area contributed by atoms with Gasteiger partial charge in [0.15, 0.2) is 0 Å². The summed E-state index contributed by atoms with van der Waals surface area (Å²) in [5.41, 5.74) is 3.03. The van der Waals surface area contributed by atoms with E-state index in [4.69, 9.17) is 4.74 Å². The lowest BCUT2D eigenvalue weighted by atomic mass is 10.1. The van der Waals surface area contributed by atoms with Gasteiger partial charge in [-0.25, -0.2) is 0 Å². The summed E-state index contributed by atoms with van der Waals surface area (Å²) >= 11 is 0. The summed E-state index contributed by atoms with van der Waals surface area (Å²) in [6.07, 6.45) is 1.27. The Kier molecular flexibility index (Phi) is 7.85. The first-order chi connectivity index (χ1) is 8.92. The summed E-state index contributed by atoms with van der Waals surface area (Å²) in [6, 6.07) is 8.82. The van der Waals surface area contributed by atoms with Crippen molar-refractivity contribution in [2.45, 2.75) is 19.5 Å². The van der Waals surface area contributed by atoms with Crippen molar-refractivity contribution < 1.29 is 4.74 Å². The molecule has 2 aliphatic heterocycles. The molecule has 0 aromatic heterocycles. The maximum Gasteiger partial charge on any atom is 0.0594 e. The molecule has 5 heteroatoms. The van der Waals surface area contributed by atoms with Crippen LogP contribution in [0.3, 0.4) is 0 Å². The van der Waals surface area contributed by atoms with Crippen LogP contribution >= 0.6 is 24.8 Å². The molecular weight excluding hydrogens is 295 g/mol. The predicted octanol–water partition coefficient (Wildman–Crippen LogP) is 2.57. The van der Waals surface area contributed by atoms with E-state index in [9.17, 15) is 0 Å². The summed E-state index contributed by atoms with van der Waals surface area (Å²) in [5.74, 6) is 0. The van der Waals surface area contributed by atoms with Gasteiger partial charge in [-0.3, -0.25) is 9.80 Å². The minimum Gasteiger partial charge on any atom is -0.379 e. The zero-order valence-corrected chi connectivity index (χ0v) is 13.4. The first-order valence-electron chi connectivity index (χ1n) is 7.01. The van der Waals surface area contributed by atoms with Crippen molar-refractivity contribution in [1.82, 2.24) is 9.80 Å². The first-order valence-corrected chi connectivity index (χ1v) is 7.01. The molecular formula is C15H24Cl2N2O. The van der Waals surface area contributed by atoms with Gasteiger partial charge in [0.25, 0.3) is 0 Å². The lowest BCUT2D eigenvalue weighted by molar-refractivity contribution is 0.0360. The fraction of sp³-hybridized carbons (Fsp3) is 0.600. The molecule has 0 saturated carbocycles. The molecule has 1 aromatic carbocycles. The molecule has 0 aliphatic carbocycles. The molecule has 0 amide bonds. The normalized spacial score (nSPS) is 19.0. The van der Waals surface area contributed by atoms with E-state index in [0.29, 0.717) is 0 Å². The first kappa shape index (κ1) is 17.7. The second-order valence-electron chi connectivity index (χ2n) is 5.29. The highest BCUT2D eigenvalue weighted by Crippen LogP contribution is 2.21. The van der Waals surface area contributed by atoms with Crippen LogP contribution in [0.2, 0.25) is 0 Å². The monoisotopic (exact) mass is 318 g/mol. The van der Waals surface area contributed by atoms with E-state index in [1.54, 1.807) is 0 Å². The number of rotatable bonds is 4. The highest BCUT2D eigenvalue weighted by atomic mass is 35.5. The Balaban J connectivity index is 0.000001000. The van der Waals surface area contributed by atoms with Crippen LogP contribution in [-0.4, -0.2) is 49.2 Å². The Labute approximate surface area is 134 Å². The predicted molar refractivity (Wildman–Crippen MR) is 86.9 cm³/mol. The zero-order valence-electron chi connectivity index (χ0n) is 11.8. The molecule has 0 radical (unpaired) electrons. The van der Waals surface area contributed by atoms with Crippen LogP contribution in [0, 0.1) is 0 Å². The summed E-state index contributed by atoms with van der Waals surface area (Å²) in [6.45, 7) is 8.76. The third kappa shape index (κ3) is 4.61. The Morgan fingerprint density at radius 2 is 1.40 bits per heavy atom. The number of morpholine rings is 1. The van der Waals surface area contributed by atoms with Crippen molar-refractivity contribution >= 4 is 24.8 Å². The van der Waals surface area contributed by atoms with Gasteiger partial charge in [-0.2, -0.15) is 0 Å². The molecule has 2 aliphatic rings. The highest BCUT2D eigenvalue weighted by molar-refractivity contribution is 5.85. The van der Waals surface area contributed by atoms with Gasteiger partial charge in [0, 0.05) is 32.7 Å². The third-order valence-electron chi connectivity index (χ3n) is 3.96. The molecule has 114 valence electrons. The van der Waals surface area contributed by atoms with E-state index in [0.717, 1.165) is 39.4 Å². The van der Waals surface area contributed by atoms with Gasteiger partial charge in [-0.15, -0.1) is 24.8 Å². The molecule has 1 aromatic rings. The zero-order chi connectivity index (χ0) is 12.2. The number of halogens is 2. The average Bonchev–Trinajstić information content (AvgIpc) is 2.82. The van der Waals surface area contributed by atoms with Gasteiger partial charge in [-0.05, 0) is 24.1 Å². The topological polar surface area (TPSA) is 15.7 Å². The number of hydrogen-bond acceptors (Lipinski definition) is 3. The van der Waals surface area contributed by atoms with Crippen molar-refractivity contribution in [3.63, 3.8) is 0 Å². The molecule has 0 unspecified atom stereocenters. The Bertz CT molecular complexity index is 372. The molecule has 1 saturated heterocycles. The van der Waals surface area contributed by atoms with Crippen LogP contribution in [0.4, 0.5) is 0 Å². The van der Waals surface area contributed by atoms with Crippen LogP contribution in [-0.2, 0) is 17.8 Å². The van der Waals surface area contributed by atoms with Gasteiger partial charge >= 0.3 is 0 Å². The van der Waals surface area contributed by atoms with Crippen LogP contribution in [0.1, 0.15) is 17.5 Å². The maximum atomic E-state index is 5.37. The minimum atomic E-state index is 0. The number of fused-ring (bicyclic) bond motifs is 1. The molecule has 0 spiro atoms. The summed E-state index contributed by atoms with van der Waals surface area (Å²) in [7, 11) is 0. The second kappa shape index (κ2) is 8.85. The quantitative estimate of drug-likeness (QED) is 0.848. The van der Waals surface area contributed by atoms with Gasteiger partial charge in [0.1, 0.15) is 0 Å². The smallest absolute Gasteiger partial charge is 0.0594 e. The number of nitrogens with zero attached hydrogens (tertiary/aromatic N) is 2. The van der Waals surface area contributed by atoms with Gasteiger partial charge < -0.3 is 4.74 Å². The van der Waals surface area contributed by atoms with E-state index in [-0.39, 0.29) is 24.8 Å². The summed E-state index contributed by atoms with van der Waals surface area (Å²) in [5, 5.41) is 0. The molecule has 3 rings (SSSR count). The number of hydrogen-bond donors (Lipinski definition) is 0. The lowest BCUT2D eigenvalue weighted by Crippen LogP contribution is -2.37.